The molecule has 19 heavy (non-hydrogen) atoms. The summed E-state index contributed by atoms with van der Waals surface area (Å²) in [4.78, 5) is 24.7. The van der Waals surface area contributed by atoms with E-state index in [9.17, 15) is 9.59 Å². The minimum atomic E-state index is -1.00. The van der Waals surface area contributed by atoms with Gasteiger partial charge >= 0.3 is 5.97 Å². The molecule has 2 atom stereocenters. The Hall–Kier alpha value is -2.04. The Morgan fingerprint density at radius 1 is 1.42 bits per heavy atom. The number of fused-ring (bicyclic) bond motifs is 1. The molecule has 0 saturated heterocycles. The third kappa shape index (κ3) is 2.54. The first-order valence-electron chi connectivity index (χ1n) is 6.23. The van der Waals surface area contributed by atoms with Crippen molar-refractivity contribution in [2.45, 2.75) is 25.3 Å². The lowest BCUT2D eigenvalue weighted by atomic mass is 9.91. The van der Waals surface area contributed by atoms with Gasteiger partial charge in [-0.15, -0.1) is 0 Å². The van der Waals surface area contributed by atoms with Gasteiger partial charge in [-0.2, -0.15) is 0 Å². The Kier molecular flexibility index (Phi) is 3.74. The van der Waals surface area contributed by atoms with Gasteiger partial charge in [0.05, 0.1) is 12.5 Å². The molecule has 102 valence electrons. The SMILES string of the molecule is C[C@H](C(=O)O)N(C)C(=O)[C@@H]1CCOc2ccccc21. The summed E-state index contributed by atoms with van der Waals surface area (Å²) in [6.07, 6.45) is 0.576. The average Bonchev–Trinajstić information content (AvgIpc) is 2.44. The van der Waals surface area contributed by atoms with Crippen LogP contribution in [-0.2, 0) is 9.59 Å². The molecule has 5 nitrogen and oxygen atoms in total. The molecule has 1 N–H and O–H groups in total. The van der Waals surface area contributed by atoms with Crippen molar-refractivity contribution in [3.05, 3.63) is 29.8 Å². The largest absolute Gasteiger partial charge is 0.493 e. The van der Waals surface area contributed by atoms with Gasteiger partial charge in [0.1, 0.15) is 11.8 Å². The lowest BCUT2D eigenvalue weighted by Crippen LogP contribution is -2.43. The smallest absolute Gasteiger partial charge is 0.326 e. The minimum absolute atomic E-state index is 0.175. The average molecular weight is 263 g/mol. The van der Waals surface area contributed by atoms with E-state index in [4.69, 9.17) is 9.84 Å². The molecule has 1 heterocycles. The molecule has 0 fully saturated rings. The highest BCUT2D eigenvalue weighted by molar-refractivity contribution is 5.88. The van der Waals surface area contributed by atoms with E-state index in [1.165, 1.54) is 18.9 Å². The second-order valence-electron chi connectivity index (χ2n) is 4.69. The van der Waals surface area contributed by atoms with Gasteiger partial charge < -0.3 is 14.7 Å². The molecule has 0 spiro atoms. The lowest BCUT2D eigenvalue weighted by molar-refractivity contribution is -0.149. The first-order valence-corrected chi connectivity index (χ1v) is 6.23. The Morgan fingerprint density at radius 3 is 2.79 bits per heavy atom. The number of benzene rings is 1. The lowest BCUT2D eigenvalue weighted by Gasteiger charge is -2.30. The van der Waals surface area contributed by atoms with Crippen LogP contribution in [0.2, 0.25) is 0 Å². The standard InChI is InChI=1S/C14H17NO4/c1-9(14(17)18)15(2)13(16)11-7-8-19-12-6-4-3-5-10(11)12/h3-6,9,11H,7-8H2,1-2H3,(H,17,18)/t9-,11-/m1/s1. The van der Waals surface area contributed by atoms with Crippen molar-refractivity contribution in [3.63, 3.8) is 0 Å². The maximum absolute atomic E-state index is 12.4. The summed E-state index contributed by atoms with van der Waals surface area (Å²) in [6, 6.07) is 6.57. The van der Waals surface area contributed by atoms with Crippen LogP contribution >= 0.6 is 0 Å². The van der Waals surface area contributed by atoms with Gasteiger partial charge in [0.25, 0.3) is 0 Å². The molecule has 1 aromatic rings. The quantitative estimate of drug-likeness (QED) is 0.897. The molecule has 0 saturated carbocycles. The van der Waals surface area contributed by atoms with Crippen molar-refractivity contribution in [3.8, 4) is 5.75 Å². The van der Waals surface area contributed by atoms with E-state index in [-0.39, 0.29) is 11.8 Å². The van der Waals surface area contributed by atoms with Gasteiger partial charge in [-0.1, -0.05) is 18.2 Å². The van der Waals surface area contributed by atoms with Crippen LogP contribution in [0.1, 0.15) is 24.8 Å². The topological polar surface area (TPSA) is 66.8 Å². The van der Waals surface area contributed by atoms with Crippen molar-refractivity contribution in [1.29, 1.82) is 0 Å². The number of carboxylic acid groups (broad SMARTS) is 1. The second-order valence-corrected chi connectivity index (χ2v) is 4.69. The molecule has 0 radical (unpaired) electrons. The van der Waals surface area contributed by atoms with E-state index < -0.39 is 12.0 Å². The molecule has 0 aromatic heterocycles. The summed E-state index contributed by atoms with van der Waals surface area (Å²) in [5.41, 5.74) is 0.836. The van der Waals surface area contributed by atoms with Crippen molar-refractivity contribution in [1.82, 2.24) is 4.90 Å². The van der Waals surface area contributed by atoms with Gasteiger partial charge in [0.15, 0.2) is 0 Å². The zero-order valence-electron chi connectivity index (χ0n) is 11.0. The predicted molar refractivity (Wildman–Crippen MR) is 69.2 cm³/mol. The first kappa shape index (κ1) is 13.4. The zero-order valence-corrected chi connectivity index (χ0v) is 11.0. The first-order chi connectivity index (χ1) is 9.02. The molecule has 2 rings (SSSR count). The van der Waals surface area contributed by atoms with Crippen LogP contribution < -0.4 is 4.74 Å². The third-order valence-corrected chi connectivity index (χ3v) is 3.54. The van der Waals surface area contributed by atoms with E-state index in [0.29, 0.717) is 18.8 Å². The second kappa shape index (κ2) is 5.30. The van der Waals surface area contributed by atoms with E-state index in [1.807, 2.05) is 24.3 Å². The van der Waals surface area contributed by atoms with Crippen LogP contribution in [0.3, 0.4) is 0 Å². The molecule has 1 aromatic carbocycles. The highest BCUT2D eigenvalue weighted by atomic mass is 16.5. The fraction of sp³-hybridized carbons (Fsp3) is 0.429. The molecular weight excluding hydrogens is 246 g/mol. The van der Waals surface area contributed by atoms with Crippen LogP contribution in [0.5, 0.6) is 5.75 Å². The van der Waals surface area contributed by atoms with Gasteiger partial charge in [0, 0.05) is 12.6 Å². The Morgan fingerprint density at radius 2 is 2.11 bits per heavy atom. The van der Waals surface area contributed by atoms with Crippen molar-refractivity contribution < 1.29 is 19.4 Å². The van der Waals surface area contributed by atoms with E-state index in [2.05, 4.69) is 0 Å². The number of para-hydroxylation sites is 1. The van der Waals surface area contributed by atoms with Crippen molar-refractivity contribution >= 4 is 11.9 Å². The maximum Gasteiger partial charge on any atom is 0.326 e. The molecule has 1 aliphatic heterocycles. The fourth-order valence-electron chi connectivity index (χ4n) is 2.20. The highest BCUT2D eigenvalue weighted by Crippen LogP contribution is 2.34. The summed E-state index contributed by atoms with van der Waals surface area (Å²) >= 11 is 0. The third-order valence-electron chi connectivity index (χ3n) is 3.54. The van der Waals surface area contributed by atoms with Gasteiger partial charge in [-0.05, 0) is 19.4 Å². The number of carbonyl (C=O) groups excluding carboxylic acids is 1. The molecule has 5 heteroatoms. The monoisotopic (exact) mass is 263 g/mol. The van der Waals surface area contributed by atoms with E-state index >= 15 is 0 Å². The molecule has 1 aliphatic rings. The van der Waals surface area contributed by atoms with Gasteiger partial charge in [0.2, 0.25) is 5.91 Å². The number of rotatable bonds is 3. The normalized spacial score (nSPS) is 18.9. The molecule has 0 aliphatic carbocycles. The van der Waals surface area contributed by atoms with Crippen LogP contribution in [0, 0.1) is 0 Å². The summed E-state index contributed by atoms with van der Waals surface area (Å²) < 4.78 is 5.50. The number of ether oxygens (including phenoxy) is 1. The number of hydrogen-bond acceptors (Lipinski definition) is 3. The van der Waals surface area contributed by atoms with Crippen LogP contribution in [0.25, 0.3) is 0 Å². The number of aliphatic carboxylic acids is 1. The molecule has 0 unspecified atom stereocenters. The fourth-order valence-corrected chi connectivity index (χ4v) is 2.20. The molecule has 0 bridgehead atoms. The number of carbonyl (C=O) groups is 2. The maximum atomic E-state index is 12.4. The Bertz CT molecular complexity index is 500. The van der Waals surface area contributed by atoms with Crippen LogP contribution in [0.15, 0.2) is 24.3 Å². The number of amides is 1. The van der Waals surface area contributed by atoms with Gasteiger partial charge in [-0.3, -0.25) is 4.79 Å². The minimum Gasteiger partial charge on any atom is -0.493 e. The van der Waals surface area contributed by atoms with Gasteiger partial charge in [-0.25, -0.2) is 4.79 Å². The summed E-state index contributed by atoms with van der Waals surface area (Å²) in [5.74, 6) is -0.790. The molecular formula is C14H17NO4. The van der Waals surface area contributed by atoms with E-state index in [0.717, 1.165) is 5.56 Å². The zero-order chi connectivity index (χ0) is 14.0. The number of likely N-dealkylation sites (N-methyl/N-ethyl adjacent to an activating group) is 1. The Balaban J connectivity index is 2.24. The van der Waals surface area contributed by atoms with Crippen LogP contribution in [-0.4, -0.2) is 41.6 Å². The Labute approximate surface area is 111 Å². The summed E-state index contributed by atoms with van der Waals surface area (Å²) in [7, 11) is 1.53. The number of carboxylic acids is 1. The van der Waals surface area contributed by atoms with Crippen molar-refractivity contribution in [2.24, 2.45) is 0 Å². The van der Waals surface area contributed by atoms with Crippen molar-refractivity contribution in [2.75, 3.05) is 13.7 Å². The molecule has 1 amide bonds. The summed E-state index contributed by atoms with van der Waals surface area (Å²) in [5, 5.41) is 8.98. The number of nitrogens with zero attached hydrogens (tertiary/aromatic N) is 1. The predicted octanol–water partition coefficient (Wildman–Crippen LogP) is 1.48. The summed E-state index contributed by atoms with van der Waals surface area (Å²) in [6.45, 7) is 1.98. The number of hydrogen-bond donors (Lipinski definition) is 1. The van der Waals surface area contributed by atoms with E-state index in [1.54, 1.807) is 0 Å². The van der Waals surface area contributed by atoms with Crippen LogP contribution in [0.4, 0.5) is 0 Å². The highest BCUT2D eigenvalue weighted by Gasteiger charge is 2.32.